The lowest BCUT2D eigenvalue weighted by Gasteiger charge is -2.17. The van der Waals surface area contributed by atoms with Gasteiger partial charge >= 0.3 is 5.97 Å². The minimum atomic E-state index is -0.742. The van der Waals surface area contributed by atoms with Crippen LogP contribution in [0.15, 0.2) is 35.1 Å². The first-order valence-corrected chi connectivity index (χ1v) is 10.2. The van der Waals surface area contributed by atoms with Crippen LogP contribution in [0.3, 0.4) is 0 Å². The second kappa shape index (κ2) is 9.26. The fraction of sp³-hybridized carbons (Fsp3) is 0.391. The van der Waals surface area contributed by atoms with Crippen LogP contribution in [-0.2, 0) is 16.0 Å². The molecule has 3 aromatic rings. The molecular weight excluding hydrogens is 398 g/mol. The van der Waals surface area contributed by atoms with Crippen LogP contribution in [-0.4, -0.2) is 46.4 Å². The fourth-order valence-corrected chi connectivity index (χ4v) is 3.93. The Labute approximate surface area is 180 Å². The first-order valence-electron chi connectivity index (χ1n) is 10.2. The minimum absolute atomic E-state index is 0.0176. The summed E-state index contributed by atoms with van der Waals surface area (Å²) in [6.07, 6.45) is 0. The highest BCUT2D eigenvalue weighted by Crippen LogP contribution is 2.21. The summed E-state index contributed by atoms with van der Waals surface area (Å²) in [5.74, 6) is -1.04. The number of ketones is 1. The van der Waals surface area contributed by atoms with Crippen molar-refractivity contribution >= 4 is 22.5 Å². The zero-order valence-electron chi connectivity index (χ0n) is 18.5. The second-order valence-corrected chi connectivity index (χ2v) is 7.47. The van der Waals surface area contributed by atoms with E-state index in [2.05, 4.69) is 5.10 Å². The van der Waals surface area contributed by atoms with Gasteiger partial charge in [-0.3, -0.25) is 9.59 Å². The molecule has 0 saturated carbocycles. The Morgan fingerprint density at radius 3 is 2.48 bits per heavy atom. The summed E-state index contributed by atoms with van der Waals surface area (Å²) in [6, 6.07) is 8.60. The molecule has 1 atom stereocenters. The number of carbonyl (C=O) groups is 2. The Kier molecular flexibility index (Phi) is 6.70. The van der Waals surface area contributed by atoms with Gasteiger partial charge in [0.05, 0.1) is 18.0 Å². The zero-order chi connectivity index (χ0) is 22.7. The quantitative estimate of drug-likeness (QED) is 0.407. The van der Waals surface area contributed by atoms with Gasteiger partial charge in [0.15, 0.2) is 12.3 Å². The molecule has 8 heteroatoms. The van der Waals surface area contributed by atoms with E-state index in [1.807, 2.05) is 25.3 Å². The van der Waals surface area contributed by atoms with E-state index < -0.39 is 12.6 Å². The highest BCUT2D eigenvalue weighted by atomic mass is 16.5. The lowest BCUT2D eigenvalue weighted by Crippen LogP contribution is -2.26. The number of nitrogens with zero attached hydrogens (tertiary/aromatic N) is 3. The van der Waals surface area contributed by atoms with Crippen molar-refractivity contribution in [2.24, 2.45) is 0 Å². The van der Waals surface area contributed by atoms with Gasteiger partial charge < -0.3 is 14.0 Å². The Hall–Kier alpha value is -3.26. The predicted molar refractivity (Wildman–Crippen MR) is 117 cm³/mol. The van der Waals surface area contributed by atoms with Gasteiger partial charge in [-0.1, -0.05) is 18.2 Å². The summed E-state index contributed by atoms with van der Waals surface area (Å²) in [5, 5.41) is 4.94. The summed E-state index contributed by atoms with van der Waals surface area (Å²) >= 11 is 0. The van der Waals surface area contributed by atoms with Gasteiger partial charge in [0.1, 0.15) is 0 Å². The molecule has 0 aliphatic heterocycles. The lowest BCUT2D eigenvalue weighted by atomic mass is 10.1. The van der Waals surface area contributed by atoms with E-state index in [1.165, 1.54) is 4.68 Å². The van der Waals surface area contributed by atoms with Gasteiger partial charge in [0, 0.05) is 36.0 Å². The van der Waals surface area contributed by atoms with Crippen LogP contribution in [0, 0.1) is 13.8 Å². The molecule has 164 valence electrons. The van der Waals surface area contributed by atoms with E-state index in [-0.39, 0.29) is 23.1 Å². The van der Waals surface area contributed by atoms with E-state index in [0.29, 0.717) is 29.5 Å². The van der Waals surface area contributed by atoms with Gasteiger partial charge in [-0.05, 0) is 39.8 Å². The third-order valence-electron chi connectivity index (χ3n) is 5.33. The number of carbonyl (C=O) groups excluding carboxylic acids is 2. The number of aryl methyl sites for hydroxylation is 2. The Balaban J connectivity index is 1.84. The summed E-state index contributed by atoms with van der Waals surface area (Å²) in [7, 11) is 1.63. The van der Waals surface area contributed by atoms with Crippen molar-refractivity contribution < 1.29 is 19.1 Å². The molecule has 0 spiro atoms. The van der Waals surface area contributed by atoms with Crippen LogP contribution in [0.2, 0.25) is 0 Å². The highest BCUT2D eigenvalue weighted by molar-refractivity contribution is 6.04. The standard InChI is InChI=1S/C23H27N3O5/c1-6-25-22(28)18-10-8-7-9-17(18)21(24-25)23(29)31-13-20(27)19-11-14(2)26(16(19)4)15(3)12-30-5/h7-11,15H,6,12-13H2,1-5H3/t15-/m1/s1. The van der Waals surface area contributed by atoms with E-state index in [0.717, 1.165) is 11.4 Å². The van der Waals surface area contributed by atoms with Crippen LogP contribution >= 0.6 is 0 Å². The molecular formula is C23H27N3O5. The number of fused-ring (bicyclic) bond motifs is 1. The number of esters is 1. The average Bonchev–Trinajstić information content (AvgIpc) is 3.06. The topological polar surface area (TPSA) is 92.4 Å². The summed E-state index contributed by atoms with van der Waals surface area (Å²) < 4.78 is 13.8. The number of ether oxygens (including phenoxy) is 2. The number of hydrogen-bond acceptors (Lipinski definition) is 6. The van der Waals surface area contributed by atoms with Crippen molar-refractivity contribution in [1.82, 2.24) is 14.3 Å². The molecule has 0 unspecified atom stereocenters. The normalized spacial score (nSPS) is 12.2. The maximum atomic E-state index is 12.8. The third-order valence-corrected chi connectivity index (χ3v) is 5.33. The van der Waals surface area contributed by atoms with Crippen molar-refractivity contribution in [3.05, 3.63) is 63.3 Å². The number of methoxy groups -OCH3 is 1. The Morgan fingerprint density at radius 2 is 1.84 bits per heavy atom. The molecule has 0 radical (unpaired) electrons. The number of aromatic nitrogens is 3. The van der Waals surface area contributed by atoms with Gasteiger partial charge in [-0.25, -0.2) is 9.48 Å². The molecule has 0 amide bonds. The van der Waals surface area contributed by atoms with Crippen molar-refractivity contribution in [3.8, 4) is 0 Å². The Bertz CT molecular complexity index is 1190. The van der Waals surface area contributed by atoms with Gasteiger partial charge in [0.25, 0.3) is 5.56 Å². The molecule has 31 heavy (non-hydrogen) atoms. The number of benzene rings is 1. The predicted octanol–water partition coefficient (Wildman–Crippen LogP) is 3.08. The molecule has 3 rings (SSSR count). The highest BCUT2D eigenvalue weighted by Gasteiger charge is 2.22. The molecule has 8 nitrogen and oxygen atoms in total. The van der Waals surface area contributed by atoms with E-state index >= 15 is 0 Å². The smallest absolute Gasteiger partial charge is 0.359 e. The Morgan fingerprint density at radius 1 is 1.16 bits per heavy atom. The van der Waals surface area contributed by atoms with E-state index in [1.54, 1.807) is 44.4 Å². The van der Waals surface area contributed by atoms with Gasteiger partial charge in [-0.2, -0.15) is 5.10 Å². The van der Waals surface area contributed by atoms with E-state index in [9.17, 15) is 14.4 Å². The van der Waals surface area contributed by atoms with E-state index in [4.69, 9.17) is 9.47 Å². The monoisotopic (exact) mass is 425 g/mol. The lowest BCUT2D eigenvalue weighted by molar-refractivity contribution is 0.0468. The fourth-order valence-electron chi connectivity index (χ4n) is 3.93. The third kappa shape index (κ3) is 4.29. The molecule has 0 fully saturated rings. The molecule has 0 saturated heterocycles. The second-order valence-electron chi connectivity index (χ2n) is 7.47. The first kappa shape index (κ1) is 22.4. The van der Waals surface area contributed by atoms with Crippen molar-refractivity contribution in [1.29, 1.82) is 0 Å². The van der Waals surface area contributed by atoms with Crippen LogP contribution in [0.5, 0.6) is 0 Å². The number of rotatable bonds is 8. The average molecular weight is 425 g/mol. The largest absolute Gasteiger partial charge is 0.452 e. The summed E-state index contributed by atoms with van der Waals surface area (Å²) in [5.41, 5.74) is 1.97. The first-order chi connectivity index (χ1) is 14.8. The molecule has 0 aliphatic rings. The molecule has 1 aromatic carbocycles. The van der Waals surface area contributed by atoms with Crippen LogP contribution in [0.25, 0.3) is 10.8 Å². The van der Waals surface area contributed by atoms with Crippen molar-refractivity contribution in [3.63, 3.8) is 0 Å². The minimum Gasteiger partial charge on any atom is -0.452 e. The van der Waals surface area contributed by atoms with Crippen molar-refractivity contribution in [2.45, 2.75) is 40.3 Å². The maximum Gasteiger partial charge on any atom is 0.359 e. The zero-order valence-corrected chi connectivity index (χ0v) is 18.5. The number of Topliss-reactive ketones (excluding diaryl/α,β-unsaturated/α-hetero) is 1. The molecule has 0 aliphatic carbocycles. The molecule has 2 aromatic heterocycles. The summed E-state index contributed by atoms with van der Waals surface area (Å²) in [4.78, 5) is 38.0. The van der Waals surface area contributed by atoms with Gasteiger partial charge in [-0.15, -0.1) is 0 Å². The van der Waals surface area contributed by atoms with Crippen LogP contribution in [0.1, 0.15) is 52.1 Å². The van der Waals surface area contributed by atoms with Gasteiger partial charge in [0.2, 0.25) is 5.78 Å². The van der Waals surface area contributed by atoms with Crippen molar-refractivity contribution in [2.75, 3.05) is 20.3 Å². The summed E-state index contributed by atoms with van der Waals surface area (Å²) in [6.45, 7) is 7.98. The molecule has 0 N–H and O–H groups in total. The molecule has 2 heterocycles. The maximum absolute atomic E-state index is 12.8. The number of hydrogen-bond donors (Lipinski definition) is 0. The van der Waals surface area contributed by atoms with Crippen LogP contribution < -0.4 is 5.56 Å². The SMILES string of the molecule is CCn1nc(C(=O)OCC(=O)c2cc(C)n([C@H](C)COC)c2C)c2ccccc2c1=O. The van der Waals surface area contributed by atoms with Crippen LogP contribution in [0.4, 0.5) is 0 Å². The molecule has 0 bridgehead atoms.